The zero-order valence-corrected chi connectivity index (χ0v) is 17.3. The number of aromatic nitrogens is 4. The van der Waals surface area contributed by atoms with Crippen LogP contribution in [-0.4, -0.2) is 51.7 Å². The number of carbonyl (C=O) groups excluding carboxylic acids is 1. The monoisotopic (exact) mass is 430 g/mol. The zero-order valence-electron chi connectivity index (χ0n) is 16.5. The van der Waals surface area contributed by atoms with E-state index in [1.165, 1.54) is 28.6 Å². The van der Waals surface area contributed by atoms with Crippen LogP contribution < -0.4 is 5.32 Å². The molecule has 0 spiro atoms. The van der Waals surface area contributed by atoms with Crippen LogP contribution in [0, 0.1) is 0 Å². The number of hydrogen-bond acceptors (Lipinski definition) is 7. The van der Waals surface area contributed by atoms with Crippen LogP contribution in [0.1, 0.15) is 36.0 Å². The van der Waals surface area contributed by atoms with Gasteiger partial charge in [0.1, 0.15) is 5.69 Å². The molecule has 0 radical (unpaired) electrons. The van der Waals surface area contributed by atoms with Crippen LogP contribution in [0.25, 0.3) is 11.6 Å². The Kier molecular flexibility index (Phi) is 5.64. The van der Waals surface area contributed by atoms with Gasteiger partial charge >= 0.3 is 6.01 Å². The number of rotatable bonds is 5. The first kappa shape index (κ1) is 20.2. The highest BCUT2D eigenvalue weighted by Crippen LogP contribution is 2.21. The zero-order chi connectivity index (χ0) is 21.1. The molecule has 1 fully saturated rings. The minimum absolute atomic E-state index is 0.0677. The predicted octanol–water partition coefficient (Wildman–Crippen LogP) is 2.29. The fourth-order valence-corrected chi connectivity index (χ4v) is 4.80. The molecule has 11 heteroatoms. The fourth-order valence-electron chi connectivity index (χ4n) is 3.29. The Morgan fingerprint density at radius 3 is 2.37 bits per heavy atom. The molecule has 158 valence electrons. The molecular weight excluding hydrogens is 408 g/mol. The van der Waals surface area contributed by atoms with E-state index in [0.29, 0.717) is 18.8 Å². The third kappa shape index (κ3) is 4.26. The molecule has 3 heterocycles. The number of nitrogens with zero attached hydrogens (tertiary/aromatic N) is 5. The van der Waals surface area contributed by atoms with E-state index in [0.717, 1.165) is 25.7 Å². The van der Waals surface area contributed by atoms with Gasteiger partial charge in [-0.25, -0.2) is 8.42 Å². The van der Waals surface area contributed by atoms with Crippen molar-refractivity contribution in [3.8, 4) is 11.6 Å². The maximum atomic E-state index is 12.8. The van der Waals surface area contributed by atoms with Gasteiger partial charge in [-0.3, -0.25) is 14.8 Å². The summed E-state index contributed by atoms with van der Waals surface area (Å²) in [6.45, 7) is 1.06. The quantitative estimate of drug-likeness (QED) is 0.659. The van der Waals surface area contributed by atoms with E-state index in [9.17, 15) is 13.2 Å². The molecule has 3 aromatic rings. The molecule has 1 N–H and O–H groups in total. The SMILES string of the molecule is Cn1ccc(-c2nnc(NC(=O)c3ccc(S(=O)(=O)N4CCCCCC4)cc3)o2)n1. The van der Waals surface area contributed by atoms with Crippen molar-refractivity contribution in [2.75, 3.05) is 18.4 Å². The first-order valence-corrected chi connectivity index (χ1v) is 11.1. The molecule has 1 aliphatic heterocycles. The molecule has 30 heavy (non-hydrogen) atoms. The van der Waals surface area contributed by atoms with Gasteiger partial charge in [0.25, 0.3) is 11.8 Å². The molecule has 0 bridgehead atoms. The number of carbonyl (C=O) groups is 1. The van der Waals surface area contributed by atoms with Gasteiger partial charge in [-0.05, 0) is 43.2 Å². The Morgan fingerprint density at radius 1 is 1.03 bits per heavy atom. The third-order valence-electron chi connectivity index (χ3n) is 4.90. The van der Waals surface area contributed by atoms with E-state index in [-0.39, 0.29) is 22.4 Å². The summed E-state index contributed by atoms with van der Waals surface area (Å²) >= 11 is 0. The Balaban J connectivity index is 1.45. The van der Waals surface area contributed by atoms with Crippen LogP contribution in [-0.2, 0) is 17.1 Å². The summed E-state index contributed by atoms with van der Waals surface area (Å²) in [7, 11) is -1.80. The Labute approximate surface area is 174 Å². The molecule has 1 amide bonds. The first-order chi connectivity index (χ1) is 14.4. The van der Waals surface area contributed by atoms with E-state index in [4.69, 9.17) is 4.42 Å². The number of nitrogens with one attached hydrogen (secondary N) is 1. The van der Waals surface area contributed by atoms with Crippen LogP contribution in [0.15, 0.2) is 45.8 Å². The highest BCUT2D eigenvalue weighted by Gasteiger charge is 2.25. The smallest absolute Gasteiger partial charge is 0.322 e. The number of benzene rings is 1. The van der Waals surface area contributed by atoms with Crippen molar-refractivity contribution in [2.24, 2.45) is 7.05 Å². The third-order valence-corrected chi connectivity index (χ3v) is 6.81. The number of hydrogen-bond donors (Lipinski definition) is 1. The van der Waals surface area contributed by atoms with E-state index >= 15 is 0 Å². The maximum absolute atomic E-state index is 12.8. The van der Waals surface area contributed by atoms with Gasteiger partial charge < -0.3 is 4.42 Å². The van der Waals surface area contributed by atoms with Crippen LogP contribution in [0.5, 0.6) is 0 Å². The lowest BCUT2D eigenvalue weighted by molar-refractivity contribution is 0.102. The average Bonchev–Trinajstić information content (AvgIpc) is 3.28. The van der Waals surface area contributed by atoms with Crippen LogP contribution >= 0.6 is 0 Å². The normalized spacial score (nSPS) is 15.6. The Morgan fingerprint density at radius 2 is 1.73 bits per heavy atom. The fraction of sp³-hybridized carbons (Fsp3) is 0.368. The van der Waals surface area contributed by atoms with Crippen LogP contribution in [0.4, 0.5) is 6.01 Å². The summed E-state index contributed by atoms with van der Waals surface area (Å²) in [4.78, 5) is 12.6. The number of amides is 1. The number of anilines is 1. The molecule has 0 unspecified atom stereocenters. The molecule has 2 aromatic heterocycles. The molecule has 0 saturated carbocycles. The number of aryl methyl sites for hydroxylation is 1. The van der Waals surface area contributed by atoms with Crippen molar-refractivity contribution in [3.63, 3.8) is 0 Å². The molecular formula is C19H22N6O4S. The van der Waals surface area contributed by atoms with Crippen molar-refractivity contribution in [1.29, 1.82) is 0 Å². The summed E-state index contributed by atoms with van der Waals surface area (Å²) in [6.07, 6.45) is 5.56. The van der Waals surface area contributed by atoms with Gasteiger partial charge in [0.15, 0.2) is 0 Å². The van der Waals surface area contributed by atoms with Gasteiger partial charge in [0, 0.05) is 31.9 Å². The van der Waals surface area contributed by atoms with Crippen LogP contribution in [0.2, 0.25) is 0 Å². The van der Waals surface area contributed by atoms with E-state index in [2.05, 4.69) is 20.6 Å². The lowest BCUT2D eigenvalue weighted by Gasteiger charge is -2.19. The minimum atomic E-state index is -3.56. The van der Waals surface area contributed by atoms with Gasteiger partial charge in [-0.15, -0.1) is 5.10 Å². The lowest BCUT2D eigenvalue weighted by atomic mass is 10.2. The summed E-state index contributed by atoms with van der Waals surface area (Å²) in [5, 5.41) is 14.3. The topological polar surface area (TPSA) is 123 Å². The van der Waals surface area contributed by atoms with Crippen molar-refractivity contribution < 1.29 is 17.6 Å². The standard InChI is InChI=1S/C19H22N6O4S/c1-24-13-10-16(23-24)18-21-22-19(29-18)20-17(26)14-6-8-15(9-7-14)30(27,28)25-11-4-2-3-5-12-25/h6-10,13H,2-5,11-12H2,1H3,(H,20,22,26). The summed E-state index contributed by atoms with van der Waals surface area (Å²) in [5.41, 5.74) is 0.774. The molecule has 0 aliphatic carbocycles. The van der Waals surface area contributed by atoms with Gasteiger partial charge in [0.05, 0.1) is 4.90 Å². The summed E-state index contributed by atoms with van der Waals surface area (Å²) < 4.78 is 34.2. The van der Waals surface area contributed by atoms with Crippen molar-refractivity contribution in [3.05, 3.63) is 42.1 Å². The molecule has 1 aromatic carbocycles. The predicted molar refractivity (Wildman–Crippen MR) is 108 cm³/mol. The van der Waals surface area contributed by atoms with Crippen molar-refractivity contribution >= 4 is 21.9 Å². The van der Waals surface area contributed by atoms with Crippen molar-refractivity contribution in [2.45, 2.75) is 30.6 Å². The minimum Gasteiger partial charge on any atom is -0.401 e. The van der Waals surface area contributed by atoms with Gasteiger partial charge in [-0.1, -0.05) is 17.9 Å². The summed E-state index contributed by atoms with van der Waals surface area (Å²) in [6, 6.07) is 7.47. The number of sulfonamides is 1. The molecule has 0 atom stereocenters. The maximum Gasteiger partial charge on any atom is 0.322 e. The van der Waals surface area contributed by atoms with E-state index in [1.54, 1.807) is 24.0 Å². The second-order valence-electron chi connectivity index (χ2n) is 7.08. The highest BCUT2D eigenvalue weighted by molar-refractivity contribution is 7.89. The Bertz CT molecular complexity index is 1130. The summed E-state index contributed by atoms with van der Waals surface area (Å²) in [5.74, 6) is -0.297. The van der Waals surface area contributed by atoms with Crippen molar-refractivity contribution in [1.82, 2.24) is 24.3 Å². The average molecular weight is 430 g/mol. The second-order valence-corrected chi connectivity index (χ2v) is 9.02. The lowest BCUT2D eigenvalue weighted by Crippen LogP contribution is -2.31. The largest absolute Gasteiger partial charge is 0.401 e. The molecule has 1 aliphatic rings. The van der Waals surface area contributed by atoms with E-state index < -0.39 is 15.9 Å². The Hall–Kier alpha value is -3.05. The molecule has 10 nitrogen and oxygen atoms in total. The highest BCUT2D eigenvalue weighted by atomic mass is 32.2. The second kappa shape index (κ2) is 8.36. The molecule has 1 saturated heterocycles. The first-order valence-electron chi connectivity index (χ1n) is 9.68. The molecule has 4 rings (SSSR count). The van der Waals surface area contributed by atoms with Gasteiger partial charge in [-0.2, -0.15) is 9.40 Å². The van der Waals surface area contributed by atoms with Crippen LogP contribution in [0.3, 0.4) is 0 Å². The van der Waals surface area contributed by atoms with E-state index in [1.807, 2.05) is 0 Å². The van der Waals surface area contributed by atoms with Gasteiger partial charge in [0.2, 0.25) is 10.0 Å².